The molecule has 0 fully saturated rings. The number of unbranched alkanes of at least 4 members (excludes halogenated alkanes) is 1. The number of allylic oxidation sites excluding steroid dienone is 1. The molecule has 0 spiro atoms. The minimum absolute atomic E-state index is 0.0564. The van der Waals surface area contributed by atoms with E-state index in [-0.39, 0.29) is 5.69 Å². The largest absolute Gasteiger partial charge is 0.345 e. The lowest BCUT2D eigenvalue weighted by molar-refractivity contribution is 0.558. The van der Waals surface area contributed by atoms with E-state index < -0.39 is 0 Å². The fourth-order valence-corrected chi connectivity index (χ4v) is 0.959. The van der Waals surface area contributed by atoms with Crippen molar-refractivity contribution in [2.75, 3.05) is 0 Å². The summed E-state index contributed by atoms with van der Waals surface area (Å²) < 4.78 is 2.93. The molecule has 0 N–H and O–H groups in total. The summed E-state index contributed by atoms with van der Waals surface area (Å²) in [5, 5.41) is 3.92. The van der Waals surface area contributed by atoms with Gasteiger partial charge in [0.25, 0.3) is 0 Å². The van der Waals surface area contributed by atoms with Crippen molar-refractivity contribution in [1.82, 2.24) is 14.3 Å². The molecule has 0 amide bonds. The normalized spacial score (nSPS) is 10.1. The van der Waals surface area contributed by atoms with Crippen LogP contribution in [-0.2, 0) is 13.6 Å². The quantitative estimate of drug-likeness (QED) is 0.485. The van der Waals surface area contributed by atoms with E-state index in [1.165, 1.54) is 15.6 Å². The molecule has 0 bridgehead atoms. The van der Waals surface area contributed by atoms with E-state index in [0.717, 1.165) is 12.8 Å². The van der Waals surface area contributed by atoms with Crippen molar-refractivity contribution < 1.29 is 0 Å². The molecule has 1 heterocycles. The molecule has 4 heteroatoms. The van der Waals surface area contributed by atoms with Gasteiger partial charge in [0.1, 0.15) is 6.33 Å². The number of rotatable bonds is 4. The lowest BCUT2D eigenvalue weighted by Crippen LogP contribution is -2.22. The predicted molar refractivity (Wildman–Crippen MR) is 46.9 cm³/mol. The second kappa shape index (κ2) is 3.90. The topological polar surface area (TPSA) is 39.8 Å². The summed E-state index contributed by atoms with van der Waals surface area (Å²) in [5.41, 5.74) is -0.0564. The highest BCUT2D eigenvalue weighted by Gasteiger charge is 1.98. The second-order valence-corrected chi connectivity index (χ2v) is 2.68. The third-order valence-corrected chi connectivity index (χ3v) is 1.66. The van der Waals surface area contributed by atoms with Gasteiger partial charge >= 0.3 is 5.69 Å². The first-order chi connectivity index (χ1) is 5.75. The Hall–Kier alpha value is -1.32. The summed E-state index contributed by atoms with van der Waals surface area (Å²) in [7, 11) is 1.69. The third kappa shape index (κ3) is 1.84. The van der Waals surface area contributed by atoms with Crippen LogP contribution in [0.15, 0.2) is 23.8 Å². The van der Waals surface area contributed by atoms with Crippen molar-refractivity contribution in [1.29, 1.82) is 0 Å². The molecule has 0 unspecified atom stereocenters. The fraction of sp³-hybridized carbons (Fsp3) is 0.500. The van der Waals surface area contributed by atoms with Gasteiger partial charge in [0.2, 0.25) is 0 Å². The van der Waals surface area contributed by atoms with Crippen molar-refractivity contribution in [3.05, 3.63) is 29.5 Å². The third-order valence-electron chi connectivity index (χ3n) is 1.66. The van der Waals surface area contributed by atoms with Gasteiger partial charge < -0.3 is 0 Å². The van der Waals surface area contributed by atoms with E-state index in [9.17, 15) is 4.79 Å². The van der Waals surface area contributed by atoms with E-state index in [1.54, 1.807) is 7.05 Å². The molecule has 0 aliphatic rings. The lowest BCUT2D eigenvalue weighted by Gasteiger charge is -1.95. The minimum Gasteiger partial charge on any atom is -0.285 e. The highest BCUT2D eigenvalue weighted by Crippen LogP contribution is 1.90. The van der Waals surface area contributed by atoms with Gasteiger partial charge in [-0.15, -0.1) is 6.58 Å². The van der Waals surface area contributed by atoms with E-state index in [2.05, 4.69) is 11.7 Å². The first kappa shape index (κ1) is 8.77. The molecule has 0 aliphatic carbocycles. The molecule has 12 heavy (non-hydrogen) atoms. The lowest BCUT2D eigenvalue weighted by atomic mass is 10.3. The molecule has 0 saturated carbocycles. The highest BCUT2D eigenvalue weighted by molar-refractivity contribution is 4.68. The summed E-state index contributed by atoms with van der Waals surface area (Å²) in [6.07, 6.45) is 5.20. The molecular weight excluding hydrogens is 154 g/mol. The predicted octanol–water partition coefficient (Wildman–Crippen LogP) is 0.548. The Morgan fingerprint density at radius 1 is 1.75 bits per heavy atom. The van der Waals surface area contributed by atoms with Gasteiger partial charge in [-0.3, -0.25) is 4.57 Å². The van der Waals surface area contributed by atoms with Gasteiger partial charge in [0.05, 0.1) is 0 Å². The second-order valence-electron chi connectivity index (χ2n) is 2.68. The summed E-state index contributed by atoms with van der Waals surface area (Å²) in [5.74, 6) is 0. The summed E-state index contributed by atoms with van der Waals surface area (Å²) in [6, 6.07) is 0. The van der Waals surface area contributed by atoms with Crippen LogP contribution in [0.4, 0.5) is 0 Å². The van der Waals surface area contributed by atoms with Gasteiger partial charge in [-0.2, -0.15) is 5.10 Å². The van der Waals surface area contributed by atoms with Crippen LogP contribution in [0.3, 0.4) is 0 Å². The maximum atomic E-state index is 11.2. The van der Waals surface area contributed by atoms with Crippen LogP contribution >= 0.6 is 0 Å². The average Bonchev–Trinajstić information content (AvgIpc) is 2.36. The van der Waals surface area contributed by atoms with Crippen molar-refractivity contribution in [3.8, 4) is 0 Å². The zero-order valence-corrected chi connectivity index (χ0v) is 7.23. The number of hydrogen-bond donors (Lipinski definition) is 0. The molecule has 66 valence electrons. The fourth-order valence-electron chi connectivity index (χ4n) is 0.959. The molecular formula is C8H13N3O. The zero-order chi connectivity index (χ0) is 8.97. The van der Waals surface area contributed by atoms with Crippen LogP contribution < -0.4 is 5.69 Å². The van der Waals surface area contributed by atoms with Gasteiger partial charge in [-0.25, -0.2) is 9.48 Å². The molecule has 1 aromatic heterocycles. The van der Waals surface area contributed by atoms with Gasteiger partial charge in [0, 0.05) is 13.6 Å². The highest BCUT2D eigenvalue weighted by atomic mass is 16.2. The van der Waals surface area contributed by atoms with E-state index in [1.807, 2.05) is 6.08 Å². The molecule has 0 aromatic carbocycles. The molecule has 4 nitrogen and oxygen atoms in total. The van der Waals surface area contributed by atoms with Crippen molar-refractivity contribution >= 4 is 0 Å². The Labute approximate surface area is 71.1 Å². The number of hydrogen-bond acceptors (Lipinski definition) is 2. The van der Waals surface area contributed by atoms with Crippen LogP contribution in [-0.4, -0.2) is 14.3 Å². The number of aryl methyl sites for hydroxylation is 2. The van der Waals surface area contributed by atoms with Crippen LogP contribution in [0.1, 0.15) is 12.8 Å². The Morgan fingerprint density at radius 3 is 3.00 bits per heavy atom. The van der Waals surface area contributed by atoms with Crippen molar-refractivity contribution in [2.24, 2.45) is 7.05 Å². The van der Waals surface area contributed by atoms with Crippen LogP contribution in [0.5, 0.6) is 0 Å². The van der Waals surface area contributed by atoms with Gasteiger partial charge in [-0.05, 0) is 12.8 Å². The number of nitrogens with zero attached hydrogens (tertiary/aromatic N) is 3. The van der Waals surface area contributed by atoms with E-state index >= 15 is 0 Å². The maximum absolute atomic E-state index is 11.2. The maximum Gasteiger partial charge on any atom is 0.345 e. The molecule has 0 aliphatic heterocycles. The monoisotopic (exact) mass is 167 g/mol. The van der Waals surface area contributed by atoms with Crippen LogP contribution in [0.2, 0.25) is 0 Å². The Bertz CT molecular complexity index is 310. The molecule has 1 rings (SSSR count). The Kier molecular flexibility index (Phi) is 2.85. The SMILES string of the molecule is C=CCCCn1ncn(C)c1=O. The standard InChI is InChI=1S/C8H13N3O/c1-3-4-5-6-11-8(12)10(2)7-9-11/h3,7H,1,4-6H2,2H3. The van der Waals surface area contributed by atoms with E-state index in [4.69, 9.17) is 0 Å². The average molecular weight is 167 g/mol. The molecule has 1 aromatic rings. The summed E-state index contributed by atoms with van der Waals surface area (Å²) in [4.78, 5) is 11.2. The number of aromatic nitrogens is 3. The first-order valence-corrected chi connectivity index (χ1v) is 3.95. The zero-order valence-electron chi connectivity index (χ0n) is 7.23. The van der Waals surface area contributed by atoms with E-state index in [0.29, 0.717) is 6.54 Å². The summed E-state index contributed by atoms with van der Waals surface area (Å²) >= 11 is 0. The van der Waals surface area contributed by atoms with Gasteiger partial charge in [0.15, 0.2) is 0 Å². The molecule has 0 radical (unpaired) electrons. The smallest absolute Gasteiger partial charge is 0.285 e. The Balaban J connectivity index is 2.58. The van der Waals surface area contributed by atoms with Crippen LogP contribution in [0, 0.1) is 0 Å². The van der Waals surface area contributed by atoms with Crippen molar-refractivity contribution in [3.63, 3.8) is 0 Å². The molecule has 0 atom stereocenters. The van der Waals surface area contributed by atoms with Crippen LogP contribution in [0.25, 0.3) is 0 Å². The Morgan fingerprint density at radius 2 is 2.50 bits per heavy atom. The molecule has 0 saturated heterocycles. The minimum atomic E-state index is -0.0564. The van der Waals surface area contributed by atoms with Crippen molar-refractivity contribution in [2.45, 2.75) is 19.4 Å². The summed E-state index contributed by atoms with van der Waals surface area (Å²) in [6.45, 7) is 4.28. The first-order valence-electron chi connectivity index (χ1n) is 3.95. The van der Waals surface area contributed by atoms with Gasteiger partial charge in [-0.1, -0.05) is 6.08 Å².